The normalized spacial score (nSPS) is 12.2. The number of pyridine rings is 1. The van der Waals surface area contributed by atoms with E-state index in [1.54, 1.807) is 19.3 Å². The van der Waals surface area contributed by atoms with Crippen molar-refractivity contribution in [2.75, 3.05) is 12.8 Å². The third kappa shape index (κ3) is 2.28. The highest BCUT2D eigenvalue weighted by Gasteiger charge is 2.17. The highest BCUT2D eigenvalue weighted by Crippen LogP contribution is 2.20. The van der Waals surface area contributed by atoms with Crippen LogP contribution in [0.4, 0.5) is 5.82 Å². The SMILES string of the molecule is CN=CC(C)(C)c1ccc(N)nc1. The molecule has 3 nitrogen and oxygen atoms in total. The third-order valence-electron chi connectivity index (χ3n) is 1.98. The van der Waals surface area contributed by atoms with Gasteiger partial charge in [-0.3, -0.25) is 4.99 Å². The van der Waals surface area contributed by atoms with Gasteiger partial charge in [-0.05, 0) is 11.6 Å². The van der Waals surface area contributed by atoms with Crippen LogP contribution in [0.3, 0.4) is 0 Å². The van der Waals surface area contributed by atoms with Crippen molar-refractivity contribution in [2.45, 2.75) is 19.3 Å². The predicted octanol–water partition coefficient (Wildman–Crippen LogP) is 1.64. The number of nitrogens with zero attached hydrogens (tertiary/aromatic N) is 2. The number of rotatable bonds is 2. The molecule has 3 heteroatoms. The van der Waals surface area contributed by atoms with Crippen molar-refractivity contribution >= 4 is 12.0 Å². The Hall–Kier alpha value is -1.38. The van der Waals surface area contributed by atoms with Crippen molar-refractivity contribution in [3.8, 4) is 0 Å². The van der Waals surface area contributed by atoms with Gasteiger partial charge in [-0.1, -0.05) is 19.9 Å². The molecular formula is C10H15N3. The Morgan fingerprint density at radius 1 is 1.46 bits per heavy atom. The molecule has 1 heterocycles. The summed E-state index contributed by atoms with van der Waals surface area (Å²) in [4.78, 5) is 8.07. The van der Waals surface area contributed by atoms with Crippen molar-refractivity contribution in [1.29, 1.82) is 0 Å². The lowest BCUT2D eigenvalue weighted by atomic mass is 9.87. The number of nitrogen functional groups attached to an aromatic ring is 1. The standard InChI is InChI=1S/C10H15N3/c1-10(2,7-12-3)8-4-5-9(11)13-6-8/h4-7H,1-3H3,(H2,11,13). The molecule has 0 aliphatic rings. The summed E-state index contributed by atoms with van der Waals surface area (Å²) < 4.78 is 0. The van der Waals surface area contributed by atoms with Crippen LogP contribution in [0.2, 0.25) is 0 Å². The summed E-state index contributed by atoms with van der Waals surface area (Å²) >= 11 is 0. The van der Waals surface area contributed by atoms with Gasteiger partial charge in [0, 0.05) is 24.9 Å². The maximum atomic E-state index is 5.50. The van der Waals surface area contributed by atoms with Crippen LogP contribution in [0.15, 0.2) is 23.3 Å². The van der Waals surface area contributed by atoms with E-state index in [9.17, 15) is 0 Å². The van der Waals surface area contributed by atoms with E-state index in [0.717, 1.165) is 5.56 Å². The Bertz CT molecular complexity index is 298. The van der Waals surface area contributed by atoms with E-state index in [0.29, 0.717) is 5.82 Å². The van der Waals surface area contributed by atoms with E-state index in [4.69, 9.17) is 5.73 Å². The first kappa shape index (κ1) is 9.71. The molecule has 0 aliphatic carbocycles. The van der Waals surface area contributed by atoms with E-state index in [1.807, 2.05) is 12.3 Å². The van der Waals surface area contributed by atoms with Crippen LogP contribution in [-0.4, -0.2) is 18.2 Å². The van der Waals surface area contributed by atoms with Crippen molar-refractivity contribution in [3.63, 3.8) is 0 Å². The minimum atomic E-state index is -0.0740. The summed E-state index contributed by atoms with van der Waals surface area (Å²) in [5, 5.41) is 0. The van der Waals surface area contributed by atoms with Crippen LogP contribution in [0.5, 0.6) is 0 Å². The molecule has 0 spiro atoms. The minimum absolute atomic E-state index is 0.0740. The monoisotopic (exact) mass is 177 g/mol. The maximum absolute atomic E-state index is 5.50. The van der Waals surface area contributed by atoms with Crippen LogP contribution < -0.4 is 5.73 Å². The number of aromatic nitrogens is 1. The average Bonchev–Trinajstić information content (AvgIpc) is 2.05. The molecular weight excluding hydrogens is 162 g/mol. The lowest BCUT2D eigenvalue weighted by molar-refractivity contribution is 0.729. The van der Waals surface area contributed by atoms with E-state index >= 15 is 0 Å². The Labute approximate surface area is 78.7 Å². The zero-order valence-electron chi connectivity index (χ0n) is 8.28. The first-order valence-electron chi connectivity index (χ1n) is 4.21. The van der Waals surface area contributed by atoms with Crippen LogP contribution in [-0.2, 0) is 5.41 Å². The predicted molar refractivity (Wildman–Crippen MR) is 56.1 cm³/mol. The van der Waals surface area contributed by atoms with Crippen molar-refractivity contribution in [2.24, 2.45) is 4.99 Å². The fourth-order valence-electron chi connectivity index (χ4n) is 1.18. The lowest BCUT2D eigenvalue weighted by Gasteiger charge is -2.18. The zero-order valence-corrected chi connectivity index (χ0v) is 8.28. The van der Waals surface area contributed by atoms with Gasteiger partial charge in [-0.25, -0.2) is 4.98 Å². The maximum Gasteiger partial charge on any atom is 0.123 e. The molecule has 70 valence electrons. The Morgan fingerprint density at radius 3 is 2.62 bits per heavy atom. The summed E-state index contributed by atoms with van der Waals surface area (Å²) in [7, 11) is 1.77. The quantitative estimate of drug-likeness (QED) is 0.698. The largest absolute Gasteiger partial charge is 0.384 e. The highest BCUT2D eigenvalue weighted by atomic mass is 14.8. The number of hydrogen-bond acceptors (Lipinski definition) is 3. The summed E-state index contributed by atoms with van der Waals surface area (Å²) in [6, 6.07) is 3.78. The topological polar surface area (TPSA) is 51.3 Å². The molecule has 0 bridgehead atoms. The molecule has 1 rings (SSSR count). The van der Waals surface area contributed by atoms with Gasteiger partial charge in [0.15, 0.2) is 0 Å². The van der Waals surface area contributed by atoms with Gasteiger partial charge in [0.2, 0.25) is 0 Å². The Kier molecular flexibility index (Phi) is 2.66. The molecule has 0 unspecified atom stereocenters. The molecule has 0 atom stereocenters. The van der Waals surface area contributed by atoms with Gasteiger partial charge in [-0.15, -0.1) is 0 Å². The summed E-state index contributed by atoms with van der Waals surface area (Å²) in [6.07, 6.45) is 3.69. The van der Waals surface area contributed by atoms with Crippen molar-refractivity contribution in [1.82, 2.24) is 4.98 Å². The Balaban J connectivity index is 3.00. The number of anilines is 1. The molecule has 0 aliphatic heterocycles. The molecule has 1 aromatic heterocycles. The zero-order chi connectivity index (χ0) is 9.90. The molecule has 0 amide bonds. The first-order valence-corrected chi connectivity index (χ1v) is 4.21. The highest BCUT2D eigenvalue weighted by molar-refractivity contribution is 5.72. The molecule has 0 fully saturated rings. The fraction of sp³-hybridized carbons (Fsp3) is 0.400. The van der Waals surface area contributed by atoms with E-state index in [2.05, 4.69) is 23.8 Å². The van der Waals surface area contributed by atoms with E-state index < -0.39 is 0 Å². The summed E-state index contributed by atoms with van der Waals surface area (Å²) in [5.41, 5.74) is 6.54. The molecule has 1 aromatic rings. The second kappa shape index (κ2) is 3.56. The van der Waals surface area contributed by atoms with Gasteiger partial charge in [0.1, 0.15) is 5.82 Å². The third-order valence-corrected chi connectivity index (χ3v) is 1.98. The lowest BCUT2D eigenvalue weighted by Crippen LogP contribution is -2.19. The van der Waals surface area contributed by atoms with Crippen LogP contribution in [0.25, 0.3) is 0 Å². The second-order valence-electron chi connectivity index (χ2n) is 3.58. The second-order valence-corrected chi connectivity index (χ2v) is 3.58. The minimum Gasteiger partial charge on any atom is -0.384 e. The molecule has 13 heavy (non-hydrogen) atoms. The van der Waals surface area contributed by atoms with Crippen LogP contribution in [0.1, 0.15) is 19.4 Å². The van der Waals surface area contributed by atoms with Crippen LogP contribution in [0, 0.1) is 0 Å². The molecule has 2 N–H and O–H groups in total. The fourth-order valence-corrected chi connectivity index (χ4v) is 1.18. The Morgan fingerprint density at radius 2 is 2.15 bits per heavy atom. The number of aliphatic imine (C=N–C) groups is 1. The van der Waals surface area contributed by atoms with Crippen molar-refractivity contribution < 1.29 is 0 Å². The van der Waals surface area contributed by atoms with Gasteiger partial charge in [0.25, 0.3) is 0 Å². The van der Waals surface area contributed by atoms with Gasteiger partial charge in [0.05, 0.1) is 0 Å². The molecule has 0 aromatic carbocycles. The summed E-state index contributed by atoms with van der Waals surface area (Å²) in [5.74, 6) is 0.549. The smallest absolute Gasteiger partial charge is 0.123 e. The van der Waals surface area contributed by atoms with Gasteiger partial charge in [-0.2, -0.15) is 0 Å². The van der Waals surface area contributed by atoms with Gasteiger partial charge < -0.3 is 5.73 Å². The molecule has 0 saturated carbocycles. The van der Waals surface area contributed by atoms with E-state index in [1.165, 1.54) is 0 Å². The van der Waals surface area contributed by atoms with Crippen molar-refractivity contribution in [3.05, 3.63) is 23.9 Å². The number of hydrogen-bond donors (Lipinski definition) is 1. The summed E-state index contributed by atoms with van der Waals surface area (Å²) in [6.45, 7) is 4.18. The number of nitrogens with two attached hydrogens (primary N) is 1. The van der Waals surface area contributed by atoms with E-state index in [-0.39, 0.29) is 5.41 Å². The van der Waals surface area contributed by atoms with Crippen LogP contribution >= 0.6 is 0 Å². The molecule has 0 saturated heterocycles. The molecule has 0 radical (unpaired) electrons. The van der Waals surface area contributed by atoms with Gasteiger partial charge >= 0.3 is 0 Å². The first-order chi connectivity index (χ1) is 6.06. The average molecular weight is 177 g/mol.